The third kappa shape index (κ3) is 2.03. The van der Waals surface area contributed by atoms with Gasteiger partial charge < -0.3 is 9.84 Å². The Morgan fingerprint density at radius 2 is 2.08 bits per heavy atom. The lowest BCUT2D eigenvalue weighted by atomic mass is 10.00. The van der Waals surface area contributed by atoms with Crippen LogP contribution in [-0.2, 0) is 4.74 Å². The number of hydrogen-bond acceptors (Lipinski definition) is 3. The first-order valence-corrected chi connectivity index (χ1v) is 5.32. The highest BCUT2D eigenvalue weighted by Gasteiger charge is 2.38. The predicted molar refractivity (Wildman–Crippen MR) is 50.7 cm³/mol. The summed E-state index contributed by atoms with van der Waals surface area (Å²) in [4.78, 5) is 2.33. The summed E-state index contributed by atoms with van der Waals surface area (Å²) in [5, 5.41) is 8.87. The van der Waals surface area contributed by atoms with Crippen LogP contribution >= 0.6 is 0 Å². The first kappa shape index (κ1) is 9.44. The van der Waals surface area contributed by atoms with Gasteiger partial charge in [0, 0.05) is 19.6 Å². The normalized spacial score (nSPS) is 28.4. The van der Waals surface area contributed by atoms with E-state index in [-0.39, 0.29) is 12.2 Å². The van der Waals surface area contributed by atoms with Gasteiger partial charge in [0.15, 0.2) is 0 Å². The third-order valence-corrected chi connectivity index (χ3v) is 3.26. The van der Waals surface area contributed by atoms with E-state index in [9.17, 15) is 0 Å². The molecule has 0 aromatic carbocycles. The molecule has 0 radical (unpaired) electrons. The van der Waals surface area contributed by atoms with Gasteiger partial charge in [0.25, 0.3) is 0 Å². The van der Waals surface area contributed by atoms with E-state index < -0.39 is 0 Å². The summed E-state index contributed by atoms with van der Waals surface area (Å²) in [5.41, 5.74) is 0.160. The maximum Gasteiger partial charge on any atom is 0.0809 e. The summed E-state index contributed by atoms with van der Waals surface area (Å²) in [6, 6.07) is 0. The average Bonchev–Trinajstić information content (AvgIpc) is 2.54. The highest BCUT2D eigenvalue weighted by molar-refractivity contribution is 4.91. The van der Waals surface area contributed by atoms with E-state index in [0.717, 1.165) is 26.2 Å². The molecule has 0 amide bonds. The van der Waals surface area contributed by atoms with Crippen LogP contribution < -0.4 is 0 Å². The van der Waals surface area contributed by atoms with Crippen molar-refractivity contribution in [1.29, 1.82) is 0 Å². The standard InChI is InChI=1S/C10H19NO2/c12-7-5-11-6-8-13-10(9-11)3-1-2-4-10/h12H,1-9H2. The molecule has 0 bridgehead atoms. The van der Waals surface area contributed by atoms with Gasteiger partial charge in [-0.05, 0) is 12.8 Å². The molecule has 2 fully saturated rings. The van der Waals surface area contributed by atoms with Crippen LogP contribution in [0.1, 0.15) is 25.7 Å². The molecular formula is C10H19NO2. The fraction of sp³-hybridized carbons (Fsp3) is 1.00. The number of aliphatic hydroxyl groups excluding tert-OH is 1. The number of aliphatic hydroxyl groups is 1. The molecule has 3 heteroatoms. The number of rotatable bonds is 2. The van der Waals surface area contributed by atoms with Crippen LogP contribution in [0.5, 0.6) is 0 Å². The molecule has 1 saturated heterocycles. The topological polar surface area (TPSA) is 32.7 Å². The molecule has 0 aromatic rings. The second-order valence-corrected chi connectivity index (χ2v) is 4.24. The van der Waals surface area contributed by atoms with Crippen molar-refractivity contribution in [3.63, 3.8) is 0 Å². The van der Waals surface area contributed by atoms with Crippen LogP contribution in [0.2, 0.25) is 0 Å². The minimum Gasteiger partial charge on any atom is -0.395 e. The van der Waals surface area contributed by atoms with Crippen LogP contribution in [0.4, 0.5) is 0 Å². The highest BCUT2D eigenvalue weighted by Crippen LogP contribution is 2.35. The predicted octanol–water partition coefficient (Wildman–Crippen LogP) is 0.624. The van der Waals surface area contributed by atoms with Gasteiger partial charge in [-0.3, -0.25) is 4.90 Å². The Labute approximate surface area is 79.7 Å². The first-order chi connectivity index (χ1) is 6.35. The zero-order valence-corrected chi connectivity index (χ0v) is 8.17. The Morgan fingerprint density at radius 1 is 1.31 bits per heavy atom. The smallest absolute Gasteiger partial charge is 0.0809 e. The van der Waals surface area contributed by atoms with Crippen LogP contribution in [0.3, 0.4) is 0 Å². The summed E-state index contributed by atoms with van der Waals surface area (Å²) in [5.74, 6) is 0. The number of ether oxygens (including phenoxy) is 1. The summed E-state index contributed by atoms with van der Waals surface area (Å²) in [6.07, 6.45) is 5.06. The fourth-order valence-electron chi connectivity index (χ4n) is 2.58. The number of nitrogens with zero attached hydrogens (tertiary/aromatic N) is 1. The van der Waals surface area contributed by atoms with E-state index in [1.165, 1.54) is 25.7 Å². The molecule has 1 saturated carbocycles. The van der Waals surface area contributed by atoms with Crippen molar-refractivity contribution in [2.45, 2.75) is 31.3 Å². The van der Waals surface area contributed by atoms with Gasteiger partial charge in [-0.15, -0.1) is 0 Å². The Balaban J connectivity index is 1.90. The molecule has 3 nitrogen and oxygen atoms in total. The van der Waals surface area contributed by atoms with Crippen molar-refractivity contribution in [3.8, 4) is 0 Å². The highest BCUT2D eigenvalue weighted by atomic mass is 16.5. The lowest BCUT2D eigenvalue weighted by molar-refractivity contribution is -0.106. The van der Waals surface area contributed by atoms with Gasteiger partial charge in [-0.1, -0.05) is 12.8 Å². The number of hydrogen-bond donors (Lipinski definition) is 1. The monoisotopic (exact) mass is 185 g/mol. The Hall–Kier alpha value is -0.120. The van der Waals surface area contributed by atoms with E-state index in [4.69, 9.17) is 9.84 Å². The van der Waals surface area contributed by atoms with E-state index in [2.05, 4.69) is 4.90 Å². The van der Waals surface area contributed by atoms with Crippen LogP contribution in [0.15, 0.2) is 0 Å². The molecule has 1 aliphatic heterocycles. The van der Waals surface area contributed by atoms with Crippen molar-refractivity contribution in [1.82, 2.24) is 4.90 Å². The van der Waals surface area contributed by atoms with Crippen molar-refractivity contribution in [3.05, 3.63) is 0 Å². The quantitative estimate of drug-likeness (QED) is 0.684. The molecule has 1 aliphatic carbocycles. The minimum absolute atomic E-state index is 0.160. The molecule has 1 N–H and O–H groups in total. The molecule has 2 rings (SSSR count). The van der Waals surface area contributed by atoms with Gasteiger partial charge in [0.05, 0.1) is 18.8 Å². The van der Waals surface area contributed by atoms with Crippen molar-refractivity contribution in [2.24, 2.45) is 0 Å². The van der Waals surface area contributed by atoms with Gasteiger partial charge in [-0.25, -0.2) is 0 Å². The zero-order valence-electron chi connectivity index (χ0n) is 8.17. The van der Waals surface area contributed by atoms with Gasteiger partial charge in [0.2, 0.25) is 0 Å². The van der Waals surface area contributed by atoms with Crippen molar-refractivity contribution in [2.75, 3.05) is 32.8 Å². The molecule has 2 aliphatic rings. The Morgan fingerprint density at radius 3 is 2.77 bits per heavy atom. The molecule has 1 spiro atoms. The molecule has 0 atom stereocenters. The van der Waals surface area contributed by atoms with E-state index in [0.29, 0.717) is 0 Å². The number of β-amino-alcohol motifs (C(OH)–C–C–N with tert-alkyl or cyclic N) is 1. The van der Waals surface area contributed by atoms with Crippen LogP contribution in [0, 0.1) is 0 Å². The lowest BCUT2D eigenvalue weighted by Crippen LogP contribution is -2.50. The number of morpholine rings is 1. The van der Waals surface area contributed by atoms with Crippen LogP contribution in [-0.4, -0.2) is 48.5 Å². The second kappa shape index (κ2) is 3.95. The van der Waals surface area contributed by atoms with E-state index in [1.54, 1.807) is 0 Å². The summed E-state index contributed by atoms with van der Waals surface area (Å²) >= 11 is 0. The zero-order chi connectivity index (χ0) is 9.15. The molecular weight excluding hydrogens is 166 g/mol. The average molecular weight is 185 g/mol. The lowest BCUT2D eigenvalue weighted by Gasteiger charge is -2.40. The van der Waals surface area contributed by atoms with E-state index >= 15 is 0 Å². The Kier molecular flexibility index (Phi) is 2.86. The first-order valence-electron chi connectivity index (χ1n) is 5.32. The summed E-state index contributed by atoms with van der Waals surface area (Å²) in [7, 11) is 0. The fourth-order valence-corrected chi connectivity index (χ4v) is 2.58. The molecule has 13 heavy (non-hydrogen) atoms. The summed E-state index contributed by atoms with van der Waals surface area (Å²) < 4.78 is 5.88. The minimum atomic E-state index is 0.160. The van der Waals surface area contributed by atoms with Gasteiger partial charge >= 0.3 is 0 Å². The second-order valence-electron chi connectivity index (χ2n) is 4.24. The van der Waals surface area contributed by atoms with Crippen LogP contribution in [0.25, 0.3) is 0 Å². The Bertz CT molecular complexity index is 164. The molecule has 1 heterocycles. The van der Waals surface area contributed by atoms with E-state index in [1.807, 2.05) is 0 Å². The third-order valence-electron chi connectivity index (χ3n) is 3.26. The molecule has 0 unspecified atom stereocenters. The largest absolute Gasteiger partial charge is 0.395 e. The van der Waals surface area contributed by atoms with Crippen molar-refractivity contribution >= 4 is 0 Å². The summed E-state index contributed by atoms with van der Waals surface area (Å²) in [6.45, 7) is 3.96. The SMILES string of the molecule is OCCN1CCOC2(CCCC2)C1. The maximum absolute atomic E-state index is 8.87. The molecule has 76 valence electrons. The van der Waals surface area contributed by atoms with Crippen molar-refractivity contribution < 1.29 is 9.84 Å². The maximum atomic E-state index is 8.87. The van der Waals surface area contributed by atoms with Gasteiger partial charge in [-0.2, -0.15) is 0 Å². The molecule has 0 aromatic heterocycles. The van der Waals surface area contributed by atoms with Gasteiger partial charge in [0.1, 0.15) is 0 Å².